The van der Waals surface area contributed by atoms with Crippen molar-refractivity contribution < 1.29 is 14.3 Å². The van der Waals surface area contributed by atoms with Crippen molar-refractivity contribution in [3.05, 3.63) is 82.8 Å². The third kappa shape index (κ3) is 8.46. The van der Waals surface area contributed by atoms with Gasteiger partial charge in [0.25, 0.3) is 0 Å². The lowest BCUT2D eigenvalue weighted by atomic mass is 10.1. The number of azo groups is 1. The first-order valence-corrected chi connectivity index (χ1v) is 12.2. The summed E-state index contributed by atoms with van der Waals surface area (Å²) in [6.07, 6.45) is 7.48. The molecule has 3 aromatic rings. The first kappa shape index (κ1) is 24.6. The zero-order valence-electron chi connectivity index (χ0n) is 18.9. The molecule has 0 saturated carbocycles. The molecule has 6 heteroatoms. The Balaban J connectivity index is 1.45. The van der Waals surface area contributed by atoms with Gasteiger partial charge in [-0.1, -0.05) is 51.2 Å². The van der Waals surface area contributed by atoms with E-state index in [-0.39, 0.29) is 0 Å². The molecule has 0 N–H and O–H groups in total. The van der Waals surface area contributed by atoms with Gasteiger partial charge in [-0.15, -0.1) is 0 Å². The van der Waals surface area contributed by atoms with E-state index in [1.165, 1.54) is 32.1 Å². The second kappa shape index (κ2) is 13.5. The normalized spacial score (nSPS) is 11.0. The van der Waals surface area contributed by atoms with Crippen LogP contribution >= 0.6 is 15.9 Å². The highest BCUT2D eigenvalue weighted by Crippen LogP contribution is 2.26. The monoisotopic (exact) mass is 508 g/mol. The molecule has 172 valence electrons. The molecule has 3 rings (SSSR count). The minimum absolute atomic E-state index is 0.429. The van der Waals surface area contributed by atoms with Gasteiger partial charge in [-0.05, 0) is 83.0 Å². The molecule has 0 saturated heterocycles. The molecule has 0 heterocycles. The molecule has 33 heavy (non-hydrogen) atoms. The number of hydrogen-bond donors (Lipinski definition) is 0. The van der Waals surface area contributed by atoms with Gasteiger partial charge in [0.2, 0.25) is 0 Å². The van der Waals surface area contributed by atoms with Gasteiger partial charge >= 0.3 is 5.97 Å². The number of ether oxygens (including phenoxy) is 2. The largest absolute Gasteiger partial charge is 0.494 e. The first-order valence-electron chi connectivity index (χ1n) is 11.4. The molecule has 0 spiro atoms. The molecule has 0 atom stereocenters. The fraction of sp³-hybridized carbons (Fsp3) is 0.296. The van der Waals surface area contributed by atoms with Crippen LogP contribution in [0.25, 0.3) is 0 Å². The summed E-state index contributed by atoms with van der Waals surface area (Å²) >= 11 is 3.37. The maximum Gasteiger partial charge on any atom is 0.343 e. The molecular weight excluding hydrogens is 480 g/mol. The highest BCUT2D eigenvalue weighted by Gasteiger charge is 2.10. The highest BCUT2D eigenvalue weighted by molar-refractivity contribution is 9.10. The zero-order valence-corrected chi connectivity index (χ0v) is 20.5. The number of para-hydroxylation sites is 1. The second-order valence-electron chi connectivity index (χ2n) is 7.68. The third-order valence-corrected chi connectivity index (χ3v) is 5.68. The quantitative estimate of drug-likeness (QED) is 0.106. The summed E-state index contributed by atoms with van der Waals surface area (Å²) in [5, 5.41) is 8.50. The van der Waals surface area contributed by atoms with Crippen LogP contribution in [0.15, 0.2) is 87.5 Å². The summed E-state index contributed by atoms with van der Waals surface area (Å²) in [5.41, 5.74) is 1.83. The lowest BCUT2D eigenvalue weighted by Gasteiger charge is -2.06. The van der Waals surface area contributed by atoms with Crippen LogP contribution in [0.5, 0.6) is 11.5 Å². The van der Waals surface area contributed by atoms with E-state index in [4.69, 9.17) is 9.47 Å². The average Bonchev–Trinajstić information content (AvgIpc) is 2.84. The number of unbranched alkanes of at least 4 members (excludes halogenated alkanes) is 5. The SMILES string of the molecule is CCCCCCCCOc1ccc(N=Nc2ccc(C(=O)Oc3ccccc3Br)cc2)cc1. The van der Waals surface area contributed by atoms with Crippen LogP contribution in [0.1, 0.15) is 55.8 Å². The van der Waals surface area contributed by atoms with E-state index >= 15 is 0 Å². The van der Waals surface area contributed by atoms with Gasteiger partial charge in [-0.2, -0.15) is 10.2 Å². The lowest BCUT2D eigenvalue weighted by molar-refractivity contribution is 0.0733. The number of carbonyl (C=O) groups excluding carboxylic acids is 1. The Hall–Kier alpha value is -2.99. The van der Waals surface area contributed by atoms with Crippen molar-refractivity contribution >= 4 is 33.3 Å². The Kier molecular flexibility index (Phi) is 10.1. The Morgan fingerprint density at radius 1 is 0.788 bits per heavy atom. The summed E-state index contributed by atoms with van der Waals surface area (Å²) in [7, 11) is 0. The molecule has 0 unspecified atom stereocenters. The molecule has 0 aliphatic carbocycles. The van der Waals surface area contributed by atoms with E-state index in [0.717, 1.165) is 28.9 Å². The van der Waals surface area contributed by atoms with Gasteiger partial charge in [0.1, 0.15) is 11.5 Å². The van der Waals surface area contributed by atoms with Crippen molar-refractivity contribution in [3.8, 4) is 11.5 Å². The minimum atomic E-state index is -0.429. The van der Waals surface area contributed by atoms with Crippen molar-refractivity contribution in [2.75, 3.05) is 6.61 Å². The van der Waals surface area contributed by atoms with Crippen LogP contribution in [0, 0.1) is 0 Å². The van der Waals surface area contributed by atoms with E-state index in [9.17, 15) is 4.79 Å². The van der Waals surface area contributed by atoms with Crippen LogP contribution in [-0.2, 0) is 0 Å². The van der Waals surface area contributed by atoms with Crippen LogP contribution in [-0.4, -0.2) is 12.6 Å². The predicted octanol–water partition coefficient (Wildman–Crippen LogP) is 8.82. The van der Waals surface area contributed by atoms with Gasteiger partial charge in [0.05, 0.1) is 28.0 Å². The Morgan fingerprint density at radius 3 is 2.06 bits per heavy atom. The van der Waals surface area contributed by atoms with Crippen molar-refractivity contribution in [2.24, 2.45) is 10.2 Å². The van der Waals surface area contributed by atoms with Crippen LogP contribution in [0.4, 0.5) is 11.4 Å². The summed E-state index contributed by atoms with van der Waals surface area (Å²) in [5.74, 6) is 0.892. The third-order valence-electron chi connectivity index (χ3n) is 5.03. The molecule has 0 amide bonds. The van der Waals surface area contributed by atoms with E-state index in [1.54, 1.807) is 30.3 Å². The van der Waals surface area contributed by atoms with Crippen LogP contribution in [0.2, 0.25) is 0 Å². The van der Waals surface area contributed by atoms with Gasteiger partial charge in [-0.3, -0.25) is 0 Å². The number of halogens is 1. The Bertz CT molecular complexity index is 1030. The van der Waals surface area contributed by atoms with E-state index in [1.807, 2.05) is 42.5 Å². The minimum Gasteiger partial charge on any atom is -0.494 e. The molecule has 0 aliphatic rings. The van der Waals surface area contributed by atoms with Crippen molar-refractivity contribution in [1.29, 1.82) is 0 Å². The molecule has 0 aromatic heterocycles. The van der Waals surface area contributed by atoms with Crippen molar-refractivity contribution in [2.45, 2.75) is 45.4 Å². The second-order valence-corrected chi connectivity index (χ2v) is 8.53. The number of rotatable bonds is 12. The summed E-state index contributed by atoms with van der Waals surface area (Å²) in [6.45, 7) is 2.97. The topological polar surface area (TPSA) is 60.2 Å². The van der Waals surface area contributed by atoms with Gasteiger partial charge in [-0.25, -0.2) is 4.79 Å². The molecule has 5 nitrogen and oxygen atoms in total. The highest BCUT2D eigenvalue weighted by atomic mass is 79.9. The van der Waals surface area contributed by atoms with Gasteiger partial charge < -0.3 is 9.47 Å². The van der Waals surface area contributed by atoms with E-state index in [2.05, 4.69) is 33.1 Å². The Labute approximate surface area is 204 Å². The van der Waals surface area contributed by atoms with E-state index in [0.29, 0.717) is 17.0 Å². The van der Waals surface area contributed by atoms with Crippen LogP contribution in [0.3, 0.4) is 0 Å². The molecule has 0 radical (unpaired) electrons. The summed E-state index contributed by atoms with van der Waals surface area (Å²) < 4.78 is 11.9. The van der Waals surface area contributed by atoms with Gasteiger partial charge in [0, 0.05) is 0 Å². The number of nitrogens with zero attached hydrogens (tertiary/aromatic N) is 2. The van der Waals surface area contributed by atoms with Crippen molar-refractivity contribution in [1.82, 2.24) is 0 Å². The molecular formula is C27H29BrN2O3. The number of carbonyl (C=O) groups is 1. The summed E-state index contributed by atoms with van der Waals surface area (Å²) in [6, 6.07) is 21.6. The Morgan fingerprint density at radius 2 is 1.39 bits per heavy atom. The maximum atomic E-state index is 12.3. The number of benzene rings is 3. The molecule has 0 bridgehead atoms. The molecule has 3 aromatic carbocycles. The zero-order chi connectivity index (χ0) is 23.3. The average molecular weight is 509 g/mol. The van der Waals surface area contributed by atoms with E-state index < -0.39 is 5.97 Å². The fourth-order valence-electron chi connectivity index (χ4n) is 3.15. The molecule has 0 aliphatic heterocycles. The smallest absolute Gasteiger partial charge is 0.343 e. The van der Waals surface area contributed by atoms with Crippen LogP contribution < -0.4 is 9.47 Å². The fourth-order valence-corrected chi connectivity index (χ4v) is 3.51. The molecule has 0 fully saturated rings. The standard InChI is InChI=1S/C27H29BrN2O3/c1-2-3-4-5-6-9-20-32-24-18-16-23(17-19-24)30-29-22-14-12-21(13-15-22)27(31)33-26-11-8-7-10-25(26)28/h7-8,10-19H,2-6,9,20H2,1H3. The maximum absolute atomic E-state index is 12.3. The van der Waals surface area contributed by atoms with Crippen molar-refractivity contribution in [3.63, 3.8) is 0 Å². The lowest BCUT2D eigenvalue weighted by Crippen LogP contribution is -2.08. The predicted molar refractivity (Wildman–Crippen MR) is 135 cm³/mol. The van der Waals surface area contributed by atoms with Gasteiger partial charge in [0.15, 0.2) is 0 Å². The number of esters is 1. The number of hydrogen-bond acceptors (Lipinski definition) is 5. The summed E-state index contributed by atoms with van der Waals surface area (Å²) in [4.78, 5) is 12.3. The first-order chi connectivity index (χ1) is 16.2.